The van der Waals surface area contributed by atoms with E-state index in [1.807, 2.05) is 6.07 Å². The first-order chi connectivity index (χ1) is 11.3. The molecule has 2 heterocycles. The van der Waals surface area contributed by atoms with Crippen LogP contribution in [-0.4, -0.2) is 27.6 Å². The highest BCUT2D eigenvalue weighted by Gasteiger charge is 2.12. The Morgan fingerprint density at radius 3 is 3.13 bits per heavy atom. The van der Waals surface area contributed by atoms with Crippen molar-refractivity contribution in [2.24, 2.45) is 0 Å². The quantitative estimate of drug-likeness (QED) is 0.600. The van der Waals surface area contributed by atoms with E-state index in [1.165, 1.54) is 49.3 Å². The lowest BCUT2D eigenvalue weighted by Crippen LogP contribution is -2.24. The van der Waals surface area contributed by atoms with Crippen molar-refractivity contribution in [3.8, 4) is 0 Å². The molecule has 0 saturated carbocycles. The van der Waals surface area contributed by atoms with E-state index in [9.17, 15) is 4.79 Å². The fraction of sp³-hybridized carbons (Fsp3) is 0.438. The van der Waals surface area contributed by atoms with Crippen molar-refractivity contribution in [3.05, 3.63) is 41.6 Å². The van der Waals surface area contributed by atoms with Crippen LogP contribution in [-0.2, 0) is 5.75 Å². The molecule has 1 aliphatic rings. The summed E-state index contributed by atoms with van der Waals surface area (Å²) in [5.41, 5.74) is 1.46. The molecule has 0 aliphatic heterocycles. The van der Waals surface area contributed by atoms with Gasteiger partial charge < -0.3 is 9.73 Å². The molecule has 2 aromatic heterocycles. The number of carbonyl (C=O) groups is 1. The monoisotopic (exact) mass is 332 g/mol. The van der Waals surface area contributed by atoms with E-state index in [0.717, 1.165) is 17.3 Å². The van der Waals surface area contributed by atoms with E-state index in [1.54, 1.807) is 6.07 Å². The number of hydrogen-bond acceptors (Lipinski definition) is 5. The summed E-state index contributed by atoms with van der Waals surface area (Å²) in [4.78, 5) is 16.1. The Balaban J connectivity index is 1.43. The van der Waals surface area contributed by atoms with Crippen LogP contribution in [0, 0.1) is 0 Å². The number of thioether (sulfide) groups is 1. The van der Waals surface area contributed by atoms with Crippen LogP contribution in [0.4, 0.5) is 0 Å². The molecular formula is C16H20N4O2S. The van der Waals surface area contributed by atoms with Gasteiger partial charge in [-0.05, 0) is 44.2 Å². The number of furan rings is 1. The third-order valence-electron chi connectivity index (χ3n) is 3.75. The maximum absolute atomic E-state index is 12.1. The van der Waals surface area contributed by atoms with Gasteiger partial charge in [0.05, 0.1) is 5.75 Å². The van der Waals surface area contributed by atoms with E-state index >= 15 is 0 Å². The van der Waals surface area contributed by atoms with Crippen LogP contribution in [0.3, 0.4) is 0 Å². The van der Waals surface area contributed by atoms with Gasteiger partial charge in [0.15, 0.2) is 10.9 Å². The number of allylic oxidation sites excluding steroid dienone is 1. The van der Waals surface area contributed by atoms with E-state index < -0.39 is 0 Å². The minimum atomic E-state index is -0.155. The zero-order valence-electron chi connectivity index (χ0n) is 12.9. The Labute approximate surface area is 139 Å². The highest BCUT2D eigenvalue weighted by atomic mass is 32.2. The van der Waals surface area contributed by atoms with Gasteiger partial charge in [-0.25, -0.2) is 4.98 Å². The average Bonchev–Trinajstić information content (AvgIpc) is 3.25. The van der Waals surface area contributed by atoms with E-state index in [0.29, 0.717) is 18.1 Å². The molecule has 1 amide bonds. The molecule has 0 spiro atoms. The molecule has 0 aromatic carbocycles. The van der Waals surface area contributed by atoms with Crippen LogP contribution in [0.1, 0.15) is 48.4 Å². The molecule has 0 radical (unpaired) electrons. The lowest BCUT2D eigenvalue weighted by molar-refractivity contribution is 0.0925. The Hall–Kier alpha value is -2.02. The second-order valence-corrected chi connectivity index (χ2v) is 6.42. The van der Waals surface area contributed by atoms with Crippen molar-refractivity contribution >= 4 is 17.7 Å². The number of carbonyl (C=O) groups excluding carboxylic acids is 1. The van der Waals surface area contributed by atoms with E-state index in [2.05, 4.69) is 26.6 Å². The fourth-order valence-electron chi connectivity index (χ4n) is 2.54. The smallest absolute Gasteiger partial charge is 0.287 e. The van der Waals surface area contributed by atoms with Gasteiger partial charge in [-0.1, -0.05) is 23.4 Å². The van der Waals surface area contributed by atoms with Crippen LogP contribution in [0.25, 0.3) is 0 Å². The number of amides is 1. The molecule has 23 heavy (non-hydrogen) atoms. The first kappa shape index (κ1) is 15.9. The van der Waals surface area contributed by atoms with Crippen LogP contribution in [0.2, 0.25) is 0 Å². The second-order valence-electron chi connectivity index (χ2n) is 5.46. The van der Waals surface area contributed by atoms with Crippen molar-refractivity contribution in [3.63, 3.8) is 0 Å². The highest BCUT2D eigenvalue weighted by Crippen LogP contribution is 2.21. The molecule has 0 saturated heterocycles. The molecule has 6 nitrogen and oxygen atoms in total. The standard InChI is InChI=1S/C16H20N4O2S/c21-15(17-9-8-12-4-2-1-3-5-12)14-7-6-13(22-14)10-23-16-18-11-19-20-16/h4,6-7,11H,1-3,5,8-10H2,(H,17,21)(H,18,19,20). The number of nitrogens with zero attached hydrogens (tertiary/aromatic N) is 2. The number of nitrogens with one attached hydrogen (secondary N) is 2. The third-order valence-corrected chi connectivity index (χ3v) is 4.65. The van der Waals surface area contributed by atoms with Gasteiger partial charge in [0.25, 0.3) is 5.91 Å². The predicted molar refractivity (Wildman–Crippen MR) is 88.2 cm³/mol. The Bertz CT molecular complexity index is 663. The summed E-state index contributed by atoms with van der Waals surface area (Å²) in [7, 11) is 0. The molecule has 1 aliphatic carbocycles. The average molecular weight is 332 g/mol. The topological polar surface area (TPSA) is 83.8 Å². The molecule has 3 rings (SSSR count). The summed E-state index contributed by atoms with van der Waals surface area (Å²) in [6.07, 6.45) is 9.60. The molecule has 0 bridgehead atoms. The number of hydrogen-bond donors (Lipinski definition) is 2. The zero-order valence-corrected chi connectivity index (χ0v) is 13.7. The maximum Gasteiger partial charge on any atom is 0.287 e. The summed E-state index contributed by atoms with van der Waals surface area (Å²) < 4.78 is 5.58. The van der Waals surface area contributed by atoms with Crippen molar-refractivity contribution < 1.29 is 9.21 Å². The molecule has 122 valence electrons. The van der Waals surface area contributed by atoms with Gasteiger partial charge in [-0.2, -0.15) is 5.10 Å². The van der Waals surface area contributed by atoms with E-state index in [4.69, 9.17) is 4.42 Å². The van der Waals surface area contributed by atoms with Gasteiger partial charge in [0.2, 0.25) is 0 Å². The normalized spacial score (nSPS) is 14.5. The molecule has 0 unspecified atom stereocenters. The number of aromatic amines is 1. The summed E-state index contributed by atoms with van der Waals surface area (Å²) in [6.45, 7) is 0.660. The minimum Gasteiger partial charge on any atom is -0.455 e. The molecular weight excluding hydrogens is 312 g/mol. The highest BCUT2D eigenvalue weighted by molar-refractivity contribution is 7.98. The zero-order chi connectivity index (χ0) is 15.9. The van der Waals surface area contributed by atoms with Crippen LogP contribution in [0.15, 0.2) is 39.7 Å². The Morgan fingerprint density at radius 1 is 1.39 bits per heavy atom. The summed E-state index contributed by atoms with van der Waals surface area (Å²) in [5.74, 6) is 1.55. The largest absolute Gasteiger partial charge is 0.455 e. The van der Waals surface area contributed by atoms with Crippen molar-refractivity contribution in [2.45, 2.75) is 43.0 Å². The SMILES string of the molecule is O=C(NCCC1=CCCCC1)c1ccc(CSc2ncn[nH]2)o1. The van der Waals surface area contributed by atoms with Crippen molar-refractivity contribution in [2.75, 3.05) is 6.54 Å². The van der Waals surface area contributed by atoms with Gasteiger partial charge >= 0.3 is 0 Å². The fourth-order valence-corrected chi connectivity index (χ4v) is 3.21. The molecule has 0 fully saturated rings. The first-order valence-corrected chi connectivity index (χ1v) is 8.83. The van der Waals surface area contributed by atoms with Gasteiger partial charge in [-0.3, -0.25) is 9.89 Å². The Morgan fingerprint density at radius 2 is 2.35 bits per heavy atom. The number of H-pyrrole nitrogens is 1. The van der Waals surface area contributed by atoms with Crippen molar-refractivity contribution in [1.82, 2.24) is 20.5 Å². The predicted octanol–water partition coefficient (Wildman–Crippen LogP) is 3.31. The molecule has 2 aromatic rings. The van der Waals surface area contributed by atoms with E-state index in [-0.39, 0.29) is 5.91 Å². The third kappa shape index (κ3) is 4.72. The van der Waals surface area contributed by atoms with Crippen LogP contribution >= 0.6 is 11.8 Å². The number of rotatable bonds is 7. The minimum absolute atomic E-state index is 0.155. The van der Waals surface area contributed by atoms with Gasteiger partial charge in [-0.15, -0.1) is 0 Å². The lowest BCUT2D eigenvalue weighted by Gasteiger charge is -2.12. The molecule has 2 N–H and O–H groups in total. The summed E-state index contributed by atoms with van der Waals surface area (Å²) in [6, 6.07) is 3.54. The van der Waals surface area contributed by atoms with Crippen molar-refractivity contribution in [1.29, 1.82) is 0 Å². The van der Waals surface area contributed by atoms with Crippen LogP contribution < -0.4 is 5.32 Å². The molecule has 7 heteroatoms. The number of aromatic nitrogens is 3. The van der Waals surface area contributed by atoms with Crippen LogP contribution in [0.5, 0.6) is 0 Å². The molecule has 0 atom stereocenters. The summed E-state index contributed by atoms with van der Waals surface area (Å²) in [5, 5.41) is 10.2. The lowest BCUT2D eigenvalue weighted by atomic mass is 9.97. The maximum atomic E-state index is 12.1. The van der Waals surface area contributed by atoms with Gasteiger partial charge in [0.1, 0.15) is 12.1 Å². The second kappa shape index (κ2) is 8.01. The Kier molecular flexibility index (Phi) is 5.52. The van der Waals surface area contributed by atoms with Gasteiger partial charge in [0, 0.05) is 6.54 Å². The summed E-state index contributed by atoms with van der Waals surface area (Å²) >= 11 is 1.48. The first-order valence-electron chi connectivity index (χ1n) is 7.84.